The number of rotatable bonds is 6. The first kappa shape index (κ1) is 21.5. The van der Waals surface area contributed by atoms with Gasteiger partial charge < -0.3 is 14.5 Å². The summed E-state index contributed by atoms with van der Waals surface area (Å²) in [6, 6.07) is 10.9. The summed E-state index contributed by atoms with van der Waals surface area (Å²) >= 11 is 6.02. The van der Waals surface area contributed by atoms with Crippen LogP contribution in [-0.4, -0.2) is 41.5 Å². The van der Waals surface area contributed by atoms with Gasteiger partial charge in [-0.1, -0.05) is 11.6 Å². The summed E-state index contributed by atoms with van der Waals surface area (Å²) in [5.41, 5.74) is 2.00. The molecule has 1 amide bonds. The lowest BCUT2D eigenvalue weighted by molar-refractivity contribution is -0.121. The topological polar surface area (TPSA) is 67.6 Å². The van der Waals surface area contributed by atoms with Crippen LogP contribution in [0.2, 0.25) is 5.02 Å². The molecule has 1 N–H and O–H groups in total. The Labute approximate surface area is 183 Å². The third-order valence-corrected chi connectivity index (χ3v) is 5.75. The molecule has 1 saturated heterocycles. The van der Waals surface area contributed by atoms with Crippen molar-refractivity contribution in [3.63, 3.8) is 0 Å². The van der Waals surface area contributed by atoms with Crippen LogP contribution in [0.3, 0.4) is 0 Å². The second-order valence-electron chi connectivity index (χ2n) is 7.54. The van der Waals surface area contributed by atoms with E-state index in [0.717, 1.165) is 37.0 Å². The molecule has 0 aliphatic carbocycles. The molecule has 31 heavy (non-hydrogen) atoms. The van der Waals surface area contributed by atoms with Crippen molar-refractivity contribution >= 4 is 34.3 Å². The van der Waals surface area contributed by atoms with Crippen LogP contribution in [0.5, 0.6) is 5.75 Å². The zero-order valence-corrected chi connectivity index (χ0v) is 17.6. The predicted molar refractivity (Wildman–Crippen MR) is 114 cm³/mol. The van der Waals surface area contributed by atoms with Gasteiger partial charge >= 0.3 is 6.61 Å². The number of benzene rings is 2. The summed E-state index contributed by atoms with van der Waals surface area (Å²) in [5, 5.41) is 3.44. The number of hydrogen-bond acceptors (Lipinski definition) is 5. The fourth-order valence-electron chi connectivity index (χ4n) is 3.76. The van der Waals surface area contributed by atoms with Crippen LogP contribution < -0.4 is 10.1 Å². The standard InChI is InChI=1S/C22H22ClF2N3O3/c1-13(20(29)26-16-3-5-17(6-4-16)30-22(24)25)28-10-8-14(9-11-28)21-27-18-12-15(23)2-7-19(18)31-21/h2-7,12-14,22H,8-11H2,1H3,(H,26,29)/t13-/m1/s1. The molecule has 1 atom stereocenters. The van der Waals surface area contributed by atoms with Crippen molar-refractivity contribution in [2.24, 2.45) is 0 Å². The first-order chi connectivity index (χ1) is 14.9. The van der Waals surface area contributed by atoms with Crippen LogP contribution in [0.15, 0.2) is 46.9 Å². The number of carbonyl (C=O) groups is 1. The van der Waals surface area contributed by atoms with Gasteiger partial charge in [0.1, 0.15) is 11.3 Å². The Morgan fingerprint density at radius 2 is 1.94 bits per heavy atom. The Morgan fingerprint density at radius 3 is 2.61 bits per heavy atom. The molecule has 6 nitrogen and oxygen atoms in total. The van der Waals surface area contributed by atoms with E-state index in [1.165, 1.54) is 24.3 Å². The maximum atomic E-state index is 12.6. The first-order valence-corrected chi connectivity index (χ1v) is 10.4. The number of fused-ring (bicyclic) bond motifs is 1. The van der Waals surface area contributed by atoms with Crippen molar-refractivity contribution in [1.82, 2.24) is 9.88 Å². The molecule has 3 aromatic rings. The van der Waals surface area contributed by atoms with E-state index in [0.29, 0.717) is 16.6 Å². The van der Waals surface area contributed by atoms with Crippen molar-refractivity contribution in [3.05, 3.63) is 53.4 Å². The fourth-order valence-corrected chi connectivity index (χ4v) is 3.93. The molecule has 9 heteroatoms. The summed E-state index contributed by atoms with van der Waals surface area (Å²) < 4.78 is 34.7. The molecule has 164 valence electrons. The van der Waals surface area contributed by atoms with Gasteiger partial charge in [-0.25, -0.2) is 4.98 Å². The SMILES string of the molecule is C[C@H](C(=O)Nc1ccc(OC(F)F)cc1)N1CCC(c2nc3cc(Cl)ccc3o2)CC1. The summed E-state index contributed by atoms with van der Waals surface area (Å²) in [6.45, 7) is 0.446. The number of carbonyl (C=O) groups excluding carboxylic acids is 1. The van der Waals surface area contributed by atoms with E-state index < -0.39 is 6.61 Å². The number of amides is 1. The van der Waals surface area contributed by atoms with Crippen LogP contribution in [0.1, 0.15) is 31.6 Å². The molecule has 2 aromatic carbocycles. The number of nitrogens with zero attached hydrogens (tertiary/aromatic N) is 2. The Hall–Kier alpha value is -2.71. The number of alkyl halides is 2. The number of aromatic nitrogens is 1. The summed E-state index contributed by atoms with van der Waals surface area (Å²) in [5.74, 6) is 0.794. The number of halogens is 3. The Bertz CT molecular complexity index is 1050. The maximum Gasteiger partial charge on any atom is 0.387 e. The molecule has 0 radical (unpaired) electrons. The van der Waals surface area contributed by atoms with Gasteiger partial charge in [-0.2, -0.15) is 8.78 Å². The van der Waals surface area contributed by atoms with Gasteiger partial charge in [0.25, 0.3) is 0 Å². The molecule has 1 aliphatic rings. The van der Waals surface area contributed by atoms with Gasteiger partial charge in [-0.05, 0) is 75.3 Å². The van der Waals surface area contributed by atoms with E-state index in [4.69, 9.17) is 16.0 Å². The molecule has 0 spiro atoms. The van der Waals surface area contributed by atoms with E-state index in [2.05, 4.69) is 19.9 Å². The Kier molecular flexibility index (Phi) is 6.38. The zero-order chi connectivity index (χ0) is 22.0. The molecule has 0 unspecified atom stereocenters. The molecular weight excluding hydrogens is 428 g/mol. The van der Waals surface area contributed by atoms with E-state index >= 15 is 0 Å². The molecule has 1 fully saturated rings. The zero-order valence-electron chi connectivity index (χ0n) is 16.9. The van der Waals surface area contributed by atoms with E-state index in [1.807, 2.05) is 13.0 Å². The lowest BCUT2D eigenvalue weighted by Crippen LogP contribution is -2.45. The van der Waals surface area contributed by atoms with Gasteiger partial charge in [-0.3, -0.25) is 9.69 Å². The van der Waals surface area contributed by atoms with Gasteiger partial charge in [0.2, 0.25) is 5.91 Å². The number of anilines is 1. The van der Waals surface area contributed by atoms with Gasteiger partial charge in [0, 0.05) is 16.6 Å². The van der Waals surface area contributed by atoms with Gasteiger partial charge in [0.05, 0.1) is 6.04 Å². The second-order valence-corrected chi connectivity index (χ2v) is 7.98. The number of likely N-dealkylation sites (tertiary alicyclic amines) is 1. The third kappa shape index (κ3) is 5.14. The van der Waals surface area contributed by atoms with Crippen molar-refractivity contribution in [3.8, 4) is 5.75 Å². The van der Waals surface area contributed by atoms with Crippen LogP contribution >= 0.6 is 11.6 Å². The Morgan fingerprint density at radius 1 is 1.23 bits per heavy atom. The fraction of sp³-hybridized carbons (Fsp3) is 0.364. The summed E-state index contributed by atoms with van der Waals surface area (Å²) in [7, 11) is 0. The van der Waals surface area contributed by atoms with Crippen LogP contribution in [0.4, 0.5) is 14.5 Å². The van der Waals surface area contributed by atoms with E-state index in [-0.39, 0.29) is 23.6 Å². The third-order valence-electron chi connectivity index (χ3n) is 5.52. The smallest absolute Gasteiger partial charge is 0.387 e. The molecule has 1 aromatic heterocycles. The van der Waals surface area contributed by atoms with Gasteiger partial charge in [-0.15, -0.1) is 0 Å². The highest BCUT2D eigenvalue weighted by Gasteiger charge is 2.29. The average molecular weight is 450 g/mol. The van der Waals surface area contributed by atoms with Crippen molar-refractivity contribution in [1.29, 1.82) is 0 Å². The lowest BCUT2D eigenvalue weighted by atomic mass is 9.95. The number of piperidine rings is 1. The summed E-state index contributed by atoms with van der Waals surface area (Å²) in [6.07, 6.45) is 1.66. The molecule has 2 heterocycles. The van der Waals surface area contributed by atoms with E-state index in [9.17, 15) is 13.6 Å². The monoisotopic (exact) mass is 449 g/mol. The van der Waals surface area contributed by atoms with Crippen LogP contribution in [0, 0.1) is 0 Å². The minimum absolute atomic E-state index is 0.0459. The quantitative estimate of drug-likeness (QED) is 0.554. The van der Waals surface area contributed by atoms with Crippen molar-refractivity contribution < 1.29 is 22.7 Å². The number of hydrogen-bond donors (Lipinski definition) is 1. The average Bonchev–Trinajstić information content (AvgIpc) is 3.17. The maximum absolute atomic E-state index is 12.6. The van der Waals surface area contributed by atoms with Crippen molar-refractivity contribution in [2.75, 3.05) is 18.4 Å². The highest BCUT2D eigenvalue weighted by Crippen LogP contribution is 2.31. The minimum Gasteiger partial charge on any atom is -0.440 e. The van der Waals surface area contributed by atoms with E-state index in [1.54, 1.807) is 12.1 Å². The highest BCUT2D eigenvalue weighted by molar-refractivity contribution is 6.31. The number of nitrogens with one attached hydrogen (secondary N) is 1. The molecule has 4 rings (SSSR count). The van der Waals surface area contributed by atoms with Crippen molar-refractivity contribution in [2.45, 2.75) is 38.3 Å². The number of oxazole rings is 1. The largest absolute Gasteiger partial charge is 0.440 e. The highest BCUT2D eigenvalue weighted by atomic mass is 35.5. The Balaban J connectivity index is 1.31. The summed E-state index contributed by atoms with van der Waals surface area (Å²) in [4.78, 5) is 19.3. The number of ether oxygens (including phenoxy) is 1. The normalized spacial score (nSPS) is 16.5. The van der Waals surface area contributed by atoms with Crippen LogP contribution in [-0.2, 0) is 4.79 Å². The van der Waals surface area contributed by atoms with Gasteiger partial charge in [0.15, 0.2) is 11.5 Å². The predicted octanol–water partition coefficient (Wildman–Crippen LogP) is 5.29. The second kappa shape index (κ2) is 9.20. The lowest BCUT2D eigenvalue weighted by Gasteiger charge is -2.34. The molecular formula is C22H22ClF2N3O3. The molecule has 0 saturated carbocycles. The minimum atomic E-state index is -2.88. The molecule has 1 aliphatic heterocycles. The molecule has 0 bridgehead atoms. The first-order valence-electron chi connectivity index (χ1n) is 10.0. The van der Waals surface area contributed by atoms with Crippen LogP contribution in [0.25, 0.3) is 11.1 Å².